The maximum absolute atomic E-state index is 13.0. The van der Waals surface area contributed by atoms with E-state index in [9.17, 15) is 9.59 Å². The van der Waals surface area contributed by atoms with Gasteiger partial charge in [-0.3, -0.25) is 9.59 Å². The first kappa shape index (κ1) is 20.7. The van der Waals surface area contributed by atoms with E-state index in [1.54, 1.807) is 42.5 Å². The molecule has 0 unspecified atom stereocenters. The predicted octanol–water partition coefficient (Wildman–Crippen LogP) is 4.01. The minimum Gasteiger partial charge on any atom is -0.497 e. The number of hydrogen-bond donors (Lipinski definition) is 2. The van der Waals surface area contributed by atoms with Gasteiger partial charge in [-0.1, -0.05) is 17.7 Å². The minimum atomic E-state index is -0.543. The van der Waals surface area contributed by atoms with Crippen LogP contribution in [0.25, 0.3) is 6.08 Å². The second kappa shape index (κ2) is 9.47. The fraction of sp³-hybridized carbons (Fsp3) is 0.130. The number of nitrogens with one attached hydrogen (secondary N) is 2. The number of benzene rings is 2. The molecule has 0 spiro atoms. The summed E-state index contributed by atoms with van der Waals surface area (Å²) < 4.78 is 15.8. The number of ether oxygens (including phenoxy) is 2. The molecule has 30 heavy (non-hydrogen) atoms. The molecule has 3 aromatic rings. The van der Waals surface area contributed by atoms with E-state index in [0.717, 1.165) is 5.56 Å². The minimum absolute atomic E-state index is 0.0143. The van der Waals surface area contributed by atoms with Crippen LogP contribution in [0.15, 0.2) is 71.0 Å². The van der Waals surface area contributed by atoms with Gasteiger partial charge in [-0.15, -0.1) is 0 Å². The smallest absolute Gasteiger partial charge is 0.272 e. The van der Waals surface area contributed by atoms with Crippen molar-refractivity contribution in [2.24, 2.45) is 0 Å². The zero-order valence-corrected chi connectivity index (χ0v) is 16.9. The Morgan fingerprint density at radius 3 is 2.40 bits per heavy atom. The number of furan rings is 1. The Morgan fingerprint density at radius 2 is 1.77 bits per heavy atom. The van der Waals surface area contributed by atoms with Gasteiger partial charge in [0.05, 0.1) is 26.2 Å². The lowest BCUT2D eigenvalue weighted by atomic mass is 10.1. The van der Waals surface area contributed by atoms with Crippen molar-refractivity contribution in [3.63, 3.8) is 0 Å². The fourth-order valence-electron chi connectivity index (χ4n) is 2.67. The summed E-state index contributed by atoms with van der Waals surface area (Å²) in [5.74, 6) is 0.457. The van der Waals surface area contributed by atoms with Crippen molar-refractivity contribution < 1.29 is 23.5 Å². The first-order chi connectivity index (χ1) is 14.5. The monoisotopic (exact) mass is 406 g/mol. The molecule has 154 valence electrons. The Morgan fingerprint density at radius 1 is 1.00 bits per heavy atom. The van der Waals surface area contributed by atoms with Gasteiger partial charge in [-0.2, -0.15) is 0 Å². The van der Waals surface area contributed by atoms with Crippen molar-refractivity contribution >= 4 is 23.6 Å². The number of carbonyl (C=O) groups excluding carboxylic acids is 2. The molecule has 0 radical (unpaired) electrons. The number of amides is 2. The van der Waals surface area contributed by atoms with Gasteiger partial charge in [0.2, 0.25) is 0 Å². The number of anilines is 1. The molecular weight excluding hydrogens is 384 g/mol. The molecule has 2 N–H and O–H groups in total. The molecule has 3 rings (SSSR count). The van der Waals surface area contributed by atoms with Gasteiger partial charge >= 0.3 is 0 Å². The molecule has 7 nitrogen and oxygen atoms in total. The van der Waals surface area contributed by atoms with E-state index >= 15 is 0 Å². The van der Waals surface area contributed by atoms with E-state index in [0.29, 0.717) is 28.5 Å². The molecule has 2 amide bonds. The molecule has 1 aromatic heterocycles. The highest BCUT2D eigenvalue weighted by Gasteiger charge is 2.17. The van der Waals surface area contributed by atoms with Gasteiger partial charge in [0.15, 0.2) is 0 Å². The Kier molecular flexibility index (Phi) is 6.54. The average Bonchev–Trinajstić information content (AvgIpc) is 3.26. The van der Waals surface area contributed by atoms with Crippen molar-refractivity contribution in [1.29, 1.82) is 0 Å². The van der Waals surface area contributed by atoms with Crippen LogP contribution in [0, 0.1) is 6.92 Å². The molecule has 2 aromatic carbocycles. The summed E-state index contributed by atoms with van der Waals surface area (Å²) in [6.07, 6.45) is 2.93. The topological polar surface area (TPSA) is 89.8 Å². The number of carbonyl (C=O) groups is 2. The average molecular weight is 406 g/mol. The van der Waals surface area contributed by atoms with Crippen LogP contribution in [-0.4, -0.2) is 26.0 Å². The zero-order valence-electron chi connectivity index (χ0n) is 16.9. The number of hydrogen-bond acceptors (Lipinski definition) is 5. The lowest BCUT2D eigenvalue weighted by Gasteiger charge is -2.14. The largest absolute Gasteiger partial charge is 0.497 e. The Labute approximate surface area is 174 Å². The molecule has 0 fully saturated rings. The summed E-state index contributed by atoms with van der Waals surface area (Å²) in [6, 6.07) is 15.4. The first-order valence-corrected chi connectivity index (χ1v) is 9.16. The van der Waals surface area contributed by atoms with E-state index in [4.69, 9.17) is 13.9 Å². The third-order valence-electron chi connectivity index (χ3n) is 4.29. The lowest BCUT2D eigenvalue weighted by molar-refractivity contribution is -0.113. The summed E-state index contributed by atoms with van der Waals surface area (Å²) in [7, 11) is 3.02. The third-order valence-corrected chi connectivity index (χ3v) is 4.29. The molecule has 7 heteroatoms. The van der Waals surface area contributed by atoms with Gasteiger partial charge in [0, 0.05) is 17.7 Å². The number of aryl methyl sites for hydroxylation is 1. The van der Waals surface area contributed by atoms with Gasteiger partial charge in [0.25, 0.3) is 11.8 Å². The van der Waals surface area contributed by atoms with Crippen LogP contribution < -0.4 is 20.1 Å². The van der Waals surface area contributed by atoms with E-state index in [-0.39, 0.29) is 5.70 Å². The van der Waals surface area contributed by atoms with E-state index in [2.05, 4.69) is 10.6 Å². The van der Waals surface area contributed by atoms with Crippen molar-refractivity contribution in [3.8, 4) is 11.5 Å². The molecule has 0 atom stereocenters. The molecule has 0 saturated heterocycles. The summed E-state index contributed by atoms with van der Waals surface area (Å²) in [6.45, 7) is 1.93. The second-order valence-electron chi connectivity index (χ2n) is 6.41. The summed E-state index contributed by atoms with van der Waals surface area (Å²) in [5.41, 5.74) is 1.87. The van der Waals surface area contributed by atoms with Crippen molar-refractivity contribution in [1.82, 2.24) is 5.32 Å². The fourth-order valence-corrected chi connectivity index (χ4v) is 2.67. The van der Waals surface area contributed by atoms with Crippen LogP contribution in [0.1, 0.15) is 21.7 Å². The van der Waals surface area contributed by atoms with E-state index < -0.39 is 11.8 Å². The molecule has 0 aliphatic carbocycles. The normalized spacial score (nSPS) is 11.0. The molecular formula is C23H22N2O5. The highest BCUT2D eigenvalue weighted by atomic mass is 16.5. The maximum atomic E-state index is 13.0. The SMILES string of the molecule is COc1ccc(OC)c(NC(=O)/C(=C/c2ccco2)NC(=O)c2ccc(C)cc2)c1. The standard InChI is InChI=1S/C23H22N2O5/c1-15-6-8-16(9-7-15)22(26)25-20(14-18-5-4-12-30-18)23(27)24-19-13-17(28-2)10-11-21(19)29-3/h4-14H,1-3H3,(H,24,27)(H,25,26)/b20-14-. The molecule has 1 heterocycles. The predicted molar refractivity (Wildman–Crippen MR) is 114 cm³/mol. The quantitative estimate of drug-likeness (QED) is 0.579. The van der Waals surface area contributed by atoms with Crippen molar-refractivity contribution in [2.45, 2.75) is 6.92 Å². The zero-order chi connectivity index (χ0) is 21.5. The van der Waals surface area contributed by atoms with Gasteiger partial charge < -0.3 is 24.5 Å². The van der Waals surface area contributed by atoms with Crippen molar-refractivity contribution in [2.75, 3.05) is 19.5 Å². The molecule has 0 saturated carbocycles. The third kappa shape index (κ3) is 5.08. The summed E-state index contributed by atoms with van der Waals surface area (Å²) in [5, 5.41) is 5.40. The molecule has 0 aliphatic heterocycles. The summed E-state index contributed by atoms with van der Waals surface area (Å²) in [4.78, 5) is 25.7. The highest BCUT2D eigenvalue weighted by Crippen LogP contribution is 2.29. The number of methoxy groups -OCH3 is 2. The van der Waals surface area contributed by atoms with Crippen LogP contribution in [0.4, 0.5) is 5.69 Å². The van der Waals surface area contributed by atoms with Crippen LogP contribution in [0.5, 0.6) is 11.5 Å². The lowest BCUT2D eigenvalue weighted by Crippen LogP contribution is -2.30. The van der Waals surface area contributed by atoms with Gasteiger partial charge in [0.1, 0.15) is 23.0 Å². The second-order valence-corrected chi connectivity index (χ2v) is 6.41. The Bertz CT molecular complexity index is 1050. The molecule has 0 aliphatic rings. The van der Waals surface area contributed by atoms with Gasteiger partial charge in [-0.25, -0.2) is 0 Å². The van der Waals surface area contributed by atoms with E-state index in [1.807, 2.05) is 19.1 Å². The van der Waals surface area contributed by atoms with Crippen LogP contribution >= 0.6 is 0 Å². The Hall–Kier alpha value is -4.00. The molecule has 0 bridgehead atoms. The highest BCUT2D eigenvalue weighted by molar-refractivity contribution is 6.11. The van der Waals surface area contributed by atoms with Crippen LogP contribution in [0.3, 0.4) is 0 Å². The first-order valence-electron chi connectivity index (χ1n) is 9.16. The Balaban J connectivity index is 1.88. The number of rotatable bonds is 7. The van der Waals surface area contributed by atoms with Gasteiger partial charge in [-0.05, 0) is 43.3 Å². The van der Waals surface area contributed by atoms with Crippen molar-refractivity contribution in [3.05, 3.63) is 83.4 Å². The van der Waals surface area contributed by atoms with E-state index in [1.165, 1.54) is 26.6 Å². The van der Waals surface area contributed by atoms with Crippen LogP contribution in [-0.2, 0) is 4.79 Å². The maximum Gasteiger partial charge on any atom is 0.272 e. The summed E-state index contributed by atoms with van der Waals surface area (Å²) >= 11 is 0. The van der Waals surface area contributed by atoms with Crippen LogP contribution in [0.2, 0.25) is 0 Å².